The number of hydrogen-bond acceptors (Lipinski definition) is 4. The first kappa shape index (κ1) is 17.6. The summed E-state index contributed by atoms with van der Waals surface area (Å²) in [5.74, 6) is -0.105. The fourth-order valence-electron chi connectivity index (χ4n) is 3.45. The molecule has 3 aromatic heterocycles. The van der Waals surface area contributed by atoms with Crippen LogP contribution in [0.15, 0.2) is 75.6 Å². The Morgan fingerprint density at radius 2 is 1.72 bits per heavy atom. The highest BCUT2D eigenvalue weighted by Gasteiger charge is 2.18. The number of rotatable bonds is 4. The molecule has 5 aromatic rings. The van der Waals surface area contributed by atoms with Crippen molar-refractivity contribution in [3.8, 4) is 0 Å². The molecule has 0 amide bonds. The molecular weight excluding hydrogens is 391 g/mol. The zero-order valence-electron chi connectivity index (χ0n) is 15.2. The molecule has 0 radical (unpaired) electrons. The molecular formula is C21H15FN4O2S. The van der Waals surface area contributed by atoms with Crippen molar-refractivity contribution in [3.05, 3.63) is 104 Å². The van der Waals surface area contributed by atoms with Gasteiger partial charge in [0, 0.05) is 0 Å². The number of thiophene rings is 1. The molecule has 0 saturated heterocycles. The Kier molecular flexibility index (Phi) is 4.13. The van der Waals surface area contributed by atoms with E-state index in [4.69, 9.17) is 0 Å². The monoisotopic (exact) mass is 406 g/mol. The summed E-state index contributed by atoms with van der Waals surface area (Å²) in [5.41, 5.74) is 1.53. The van der Waals surface area contributed by atoms with Gasteiger partial charge in [0.1, 0.15) is 10.5 Å². The van der Waals surface area contributed by atoms with E-state index in [1.54, 1.807) is 23.6 Å². The molecule has 0 spiro atoms. The highest BCUT2D eigenvalue weighted by Crippen LogP contribution is 2.18. The molecule has 0 atom stereocenters. The fourth-order valence-corrected chi connectivity index (χ4v) is 4.28. The predicted octanol–water partition coefficient (Wildman–Crippen LogP) is 3.11. The molecule has 8 heteroatoms. The maximum Gasteiger partial charge on any atom is 0.352 e. The van der Waals surface area contributed by atoms with Crippen LogP contribution in [0.4, 0.5) is 4.39 Å². The van der Waals surface area contributed by atoms with Gasteiger partial charge in [0.15, 0.2) is 0 Å². The van der Waals surface area contributed by atoms with Gasteiger partial charge in [0.25, 0.3) is 5.56 Å². The lowest BCUT2D eigenvalue weighted by molar-refractivity contribution is 0.615. The van der Waals surface area contributed by atoms with Gasteiger partial charge in [-0.05, 0) is 34.7 Å². The Labute approximate surface area is 167 Å². The van der Waals surface area contributed by atoms with Gasteiger partial charge < -0.3 is 0 Å². The first-order valence-electron chi connectivity index (χ1n) is 9.00. The number of aromatic nitrogens is 4. The third-order valence-electron chi connectivity index (χ3n) is 4.79. The van der Waals surface area contributed by atoms with Crippen molar-refractivity contribution < 1.29 is 4.39 Å². The average Bonchev–Trinajstić information content (AvgIpc) is 3.31. The van der Waals surface area contributed by atoms with Crippen LogP contribution in [-0.4, -0.2) is 18.7 Å². The molecule has 0 fully saturated rings. The topological polar surface area (TPSA) is 61.3 Å². The number of halogens is 1. The molecule has 6 nitrogen and oxygen atoms in total. The van der Waals surface area contributed by atoms with E-state index >= 15 is 0 Å². The van der Waals surface area contributed by atoms with E-state index in [1.165, 1.54) is 37.1 Å². The quantitative estimate of drug-likeness (QED) is 0.461. The molecule has 5 rings (SSSR count). The average molecular weight is 406 g/mol. The molecule has 0 bridgehead atoms. The molecule has 2 aromatic carbocycles. The lowest BCUT2D eigenvalue weighted by Gasteiger charge is -2.07. The van der Waals surface area contributed by atoms with E-state index in [0.717, 1.165) is 5.56 Å². The summed E-state index contributed by atoms with van der Waals surface area (Å²) in [4.78, 5) is 26.2. The first-order valence-corrected chi connectivity index (χ1v) is 9.88. The van der Waals surface area contributed by atoms with Crippen molar-refractivity contribution in [1.29, 1.82) is 0 Å². The number of fused-ring (bicyclic) bond motifs is 3. The van der Waals surface area contributed by atoms with E-state index < -0.39 is 0 Å². The van der Waals surface area contributed by atoms with Crippen molar-refractivity contribution >= 4 is 27.3 Å². The van der Waals surface area contributed by atoms with Crippen molar-refractivity contribution in [2.24, 2.45) is 0 Å². The summed E-state index contributed by atoms with van der Waals surface area (Å²) < 4.78 is 18.3. The van der Waals surface area contributed by atoms with Gasteiger partial charge in [0.05, 0.1) is 18.6 Å². The van der Waals surface area contributed by atoms with Crippen molar-refractivity contribution in [3.63, 3.8) is 0 Å². The van der Waals surface area contributed by atoms with Crippen LogP contribution in [0.1, 0.15) is 11.1 Å². The smallest absolute Gasteiger partial charge is 0.271 e. The minimum absolute atomic E-state index is 0.115. The molecule has 0 N–H and O–H groups in total. The van der Waals surface area contributed by atoms with E-state index in [9.17, 15) is 14.0 Å². The number of benzene rings is 2. The molecule has 0 aliphatic heterocycles. The Hall–Kier alpha value is -3.52. The Morgan fingerprint density at radius 1 is 0.931 bits per heavy atom. The maximum atomic E-state index is 13.5. The van der Waals surface area contributed by atoms with Crippen LogP contribution in [0.3, 0.4) is 0 Å². The molecule has 29 heavy (non-hydrogen) atoms. The van der Waals surface area contributed by atoms with Crippen LogP contribution < -0.4 is 11.2 Å². The van der Waals surface area contributed by atoms with Crippen molar-refractivity contribution in [1.82, 2.24) is 18.7 Å². The van der Waals surface area contributed by atoms with Crippen LogP contribution in [0.2, 0.25) is 0 Å². The Bertz CT molecular complexity index is 1460. The zero-order valence-corrected chi connectivity index (χ0v) is 16.0. The summed E-state index contributed by atoms with van der Waals surface area (Å²) >= 11 is 1.30. The molecule has 0 aliphatic rings. The minimum atomic E-state index is -0.375. The van der Waals surface area contributed by atoms with Crippen LogP contribution in [-0.2, 0) is 13.1 Å². The summed E-state index contributed by atoms with van der Waals surface area (Å²) in [6, 6.07) is 17.3. The summed E-state index contributed by atoms with van der Waals surface area (Å²) in [6.45, 7) is 0.414. The highest BCUT2D eigenvalue weighted by atomic mass is 32.1. The van der Waals surface area contributed by atoms with Crippen LogP contribution in [0.25, 0.3) is 16.0 Å². The Morgan fingerprint density at radius 3 is 2.52 bits per heavy atom. The van der Waals surface area contributed by atoms with Gasteiger partial charge in [-0.1, -0.05) is 42.5 Å². The van der Waals surface area contributed by atoms with Gasteiger partial charge in [0.2, 0.25) is 5.78 Å². The maximum absolute atomic E-state index is 13.5. The summed E-state index contributed by atoms with van der Waals surface area (Å²) in [7, 11) is 0. The van der Waals surface area contributed by atoms with Gasteiger partial charge in [-0.2, -0.15) is 0 Å². The zero-order chi connectivity index (χ0) is 20.0. The third-order valence-corrected chi connectivity index (χ3v) is 5.68. The molecule has 0 aliphatic carbocycles. The molecule has 0 saturated carbocycles. The molecule has 144 valence electrons. The van der Waals surface area contributed by atoms with E-state index in [2.05, 4.69) is 5.10 Å². The highest BCUT2D eigenvalue weighted by molar-refractivity contribution is 7.17. The number of nitrogens with zero attached hydrogens (tertiary/aromatic N) is 4. The lowest BCUT2D eigenvalue weighted by Crippen LogP contribution is -2.26. The van der Waals surface area contributed by atoms with Crippen LogP contribution >= 0.6 is 11.3 Å². The van der Waals surface area contributed by atoms with Crippen molar-refractivity contribution in [2.45, 2.75) is 13.1 Å². The second-order valence-electron chi connectivity index (χ2n) is 6.72. The van der Waals surface area contributed by atoms with E-state index in [0.29, 0.717) is 22.3 Å². The summed E-state index contributed by atoms with van der Waals surface area (Å²) in [6.07, 6.45) is 0. The minimum Gasteiger partial charge on any atom is -0.271 e. The van der Waals surface area contributed by atoms with Gasteiger partial charge in [-0.15, -0.1) is 16.4 Å². The predicted molar refractivity (Wildman–Crippen MR) is 110 cm³/mol. The number of hydrogen-bond donors (Lipinski definition) is 0. The third kappa shape index (κ3) is 2.98. The van der Waals surface area contributed by atoms with Gasteiger partial charge in [-0.3, -0.25) is 9.36 Å². The largest absolute Gasteiger partial charge is 0.352 e. The fraction of sp³-hybridized carbons (Fsp3) is 0.0952. The van der Waals surface area contributed by atoms with E-state index in [1.807, 2.05) is 30.3 Å². The molecule has 0 unspecified atom stereocenters. The second-order valence-corrected chi connectivity index (χ2v) is 7.63. The second kappa shape index (κ2) is 6.82. The molecule has 3 heterocycles. The normalized spacial score (nSPS) is 11.5. The van der Waals surface area contributed by atoms with Crippen LogP contribution in [0.5, 0.6) is 0 Å². The summed E-state index contributed by atoms with van der Waals surface area (Å²) in [5, 5.41) is 6.22. The standard InChI is InChI=1S/C21H15FN4O2S/c22-16-8-4-7-15(11-16)13-25-21(28)26-17-9-10-29-18(17)19(27)24(20(26)23-25)12-14-5-2-1-3-6-14/h1-11H,12-13H2. The van der Waals surface area contributed by atoms with Crippen LogP contribution in [0, 0.1) is 5.82 Å². The first-order chi connectivity index (χ1) is 14.1. The van der Waals surface area contributed by atoms with Crippen molar-refractivity contribution in [2.75, 3.05) is 0 Å². The lowest BCUT2D eigenvalue weighted by atomic mass is 10.2. The van der Waals surface area contributed by atoms with Gasteiger partial charge >= 0.3 is 5.69 Å². The SMILES string of the molecule is O=c1c2sccc2n2c(=O)n(Cc3cccc(F)c3)nc2n1Cc1ccccc1. The van der Waals surface area contributed by atoms with Gasteiger partial charge in [-0.25, -0.2) is 18.3 Å². The van der Waals surface area contributed by atoms with E-state index in [-0.39, 0.29) is 29.4 Å². The Balaban J connectivity index is 1.74.